The standard InChI is InChI=1S/C23H21Cl2N3O2/c1-12-3-5-15(10-18(12)25)28-21(29)11-20(23(28)30)27-8-7-16-17-9-14(24)4-6-19(17)26-22(16)13(27)2/h3-6,9-10,13,20,26H,7-8,11H2,1-2H3. The Balaban J connectivity index is 1.46. The van der Waals surface area contributed by atoms with Gasteiger partial charge in [0.1, 0.15) is 0 Å². The number of halogens is 2. The summed E-state index contributed by atoms with van der Waals surface area (Å²) in [6.07, 6.45) is 0.977. The van der Waals surface area contributed by atoms with Crippen molar-refractivity contribution in [2.24, 2.45) is 0 Å². The predicted octanol–water partition coefficient (Wildman–Crippen LogP) is 5.03. The number of hydrogen-bond donors (Lipinski definition) is 1. The van der Waals surface area contributed by atoms with Gasteiger partial charge >= 0.3 is 0 Å². The van der Waals surface area contributed by atoms with E-state index < -0.39 is 6.04 Å². The quantitative estimate of drug-likeness (QED) is 0.567. The van der Waals surface area contributed by atoms with Gasteiger partial charge in [-0.15, -0.1) is 0 Å². The van der Waals surface area contributed by atoms with E-state index in [1.54, 1.807) is 12.1 Å². The summed E-state index contributed by atoms with van der Waals surface area (Å²) < 4.78 is 0. The van der Waals surface area contributed by atoms with Gasteiger partial charge in [-0.3, -0.25) is 14.5 Å². The molecule has 2 aliphatic heterocycles. The molecule has 2 atom stereocenters. The maximum absolute atomic E-state index is 13.3. The highest BCUT2D eigenvalue weighted by Crippen LogP contribution is 2.39. The first-order valence-corrected chi connectivity index (χ1v) is 10.8. The van der Waals surface area contributed by atoms with Gasteiger partial charge in [-0.25, -0.2) is 4.90 Å². The van der Waals surface area contributed by atoms with Crippen LogP contribution in [-0.2, 0) is 16.0 Å². The summed E-state index contributed by atoms with van der Waals surface area (Å²) in [4.78, 5) is 33.0. The summed E-state index contributed by atoms with van der Waals surface area (Å²) in [7, 11) is 0. The molecule has 5 nitrogen and oxygen atoms in total. The molecule has 0 saturated carbocycles. The third-order valence-corrected chi connectivity index (χ3v) is 7.02. The van der Waals surface area contributed by atoms with Gasteiger partial charge in [0.15, 0.2) is 0 Å². The van der Waals surface area contributed by atoms with E-state index in [1.165, 1.54) is 10.5 Å². The third kappa shape index (κ3) is 2.96. The zero-order chi connectivity index (χ0) is 21.2. The highest BCUT2D eigenvalue weighted by Gasteiger charge is 2.45. The molecule has 1 saturated heterocycles. The van der Waals surface area contributed by atoms with Crippen LogP contribution in [0.4, 0.5) is 5.69 Å². The van der Waals surface area contributed by atoms with Crippen LogP contribution in [0.1, 0.15) is 36.2 Å². The number of aryl methyl sites for hydroxylation is 1. The zero-order valence-corrected chi connectivity index (χ0v) is 18.2. The van der Waals surface area contributed by atoms with E-state index in [0.29, 0.717) is 22.3 Å². The minimum atomic E-state index is -0.476. The molecule has 0 bridgehead atoms. The van der Waals surface area contributed by atoms with Crippen LogP contribution in [0.3, 0.4) is 0 Å². The van der Waals surface area contributed by atoms with Gasteiger partial charge in [0.2, 0.25) is 5.91 Å². The van der Waals surface area contributed by atoms with Gasteiger partial charge in [0.05, 0.1) is 18.2 Å². The minimum absolute atomic E-state index is 0.0109. The topological polar surface area (TPSA) is 56.4 Å². The summed E-state index contributed by atoms with van der Waals surface area (Å²) >= 11 is 12.4. The molecule has 154 valence electrons. The second-order valence-electron chi connectivity index (χ2n) is 8.09. The Kier molecular flexibility index (Phi) is 4.65. The SMILES string of the molecule is Cc1ccc(N2C(=O)CC(N3CCc4c([nH]c5ccc(Cl)cc45)C3C)C2=O)cc1Cl. The predicted molar refractivity (Wildman–Crippen MR) is 119 cm³/mol. The van der Waals surface area contributed by atoms with Gasteiger partial charge in [-0.05, 0) is 61.7 Å². The van der Waals surface area contributed by atoms with Crippen LogP contribution in [0.15, 0.2) is 36.4 Å². The fraction of sp³-hybridized carbons (Fsp3) is 0.304. The number of hydrogen-bond acceptors (Lipinski definition) is 3. The molecule has 3 aromatic rings. The number of carbonyl (C=O) groups is 2. The molecule has 5 rings (SSSR count). The fourth-order valence-corrected chi connectivity index (χ4v) is 5.11. The molecule has 1 N–H and O–H groups in total. The summed E-state index contributed by atoms with van der Waals surface area (Å²) in [5.41, 5.74) is 4.83. The number of aromatic nitrogens is 1. The van der Waals surface area contributed by atoms with Crippen molar-refractivity contribution in [3.05, 3.63) is 63.3 Å². The first-order chi connectivity index (χ1) is 14.3. The minimum Gasteiger partial charge on any atom is -0.357 e. The van der Waals surface area contributed by atoms with Crippen LogP contribution in [0.5, 0.6) is 0 Å². The summed E-state index contributed by atoms with van der Waals surface area (Å²) in [5.74, 6) is -0.374. The average Bonchev–Trinajstić information content (AvgIpc) is 3.22. The van der Waals surface area contributed by atoms with Crippen LogP contribution in [0.25, 0.3) is 10.9 Å². The third-order valence-electron chi connectivity index (χ3n) is 6.37. The van der Waals surface area contributed by atoms with Crippen LogP contribution in [0, 0.1) is 6.92 Å². The number of amides is 2. The Bertz CT molecular complexity index is 1200. The molecular formula is C23H21Cl2N3O2. The van der Waals surface area contributed by atoms with E-state index in [-0.39, 0.29) is 24.3 Å². The second kappa shape index (κ2) is 7.12. The van der Waals surface area contributed by atoms with E-state index >= 15 is 0 Å². The van der Waals surface area contributed by atoms with Crippen molar-refractivity contribution in [1.29, 1.82) is 0 Å². The molecule has 0 radical (unpaired) electrons. The second-order valence-corrected chi connectivity index (χ2v) is 8.94. The van der Waals surface area contributed by atoms with Crippen molar-refractivity contribution in [3.8, 4) is 0 Å². The van der Waals surface area contributed by atoms with Gasteiger partial charge in [0, 0.05) is 39.2 Å². The highest BCUT2D eigenvalue weighted by atomic mass is 35.5. The highest BCUT2D eigenvalue weighted by molar-refractivity contribution is 6.32. The lowest BCUT2D eigenvalue weighted by molar-refractivity contribution is -0.123. The van der Waals surface area contributed by atoms with Crippen molar-refractivity contribution >= 4 is 51.6 Å². The molecule has 30 heavy (non-hydrogen) atoms. The summed E-state index contributed by atoms with van der Waals surface area (Å²) in [6, 6.07) is 10.7. The normalized spacial score (nSPS) is 22.2. The van der Waals surface area contributed by atoms with Gasteiger partial charge < -0.3 is 4.98 Å². The zero-order valence-electron chi connectivity index (χ0n) is 16.7. The van der Waals surface area contributed by atoms with Crippen LogP contribution < -0.4 is 4.90 Å². The Hall–Kier alpha value is -2.34. The monoisotopic (exact) mass is 441 g/mol. The molecule has 1 fully saturated rings. The molecule has 3 heterocycles. The number of rotatable bonds is 2. The van der Waals surface area contributed by atoms with Crippen molar-refractivity contribution in [3.63, 3.8) is 0 Å². The number of carbonyl (C=O) groups excluding carboxylic acids is 2. The Morgan fingerprint density at radius 2 is 1.90 bits per heavy atom. The number of nitrogens with zero attached hydrogens (tertiary/aromatic N) is 2. The van der Waals surface area contributed by atoms with Crippen molar-refractivity contribution in [2.45, 2.75) is 38.8 Å². The number of nitrogens with one attached hydrogen (secondary N) is 1. The molecule has 2 amide bonds. The lowest BCUT2D eigenvalue weighted by Gasteiger charge is -2.36. The van der Waals surface area contributed by atoms with Crippen LogP contribution >= 0.6 is 23.2 Å². The van der Waals surface area contributed by atoms with Crippen LogP contribution in [-0.4, -0.2) is 34.3 Å². The van der Waals surface area contributed by atoms with E-state index in [1.807, 2.05) is 31.2 Å². The maximum Gasteiger partial charge on any atom is 0.251 e. The van der Waals surface area contributed by atoms with Gasteiger partial charge in [-0.1, -0.05) is 29.3 Å². The Labute approximate surface area is 184 Å². The van der Waals surface area contributed by atoms with E-state index in [0.717, 1.165) is 28.6 Å². The smallest absolute Gasteiger partial charge is 0.251 e. The largest absolute Gasteiger partial charge is 0.357 e. The lowest BCUT2D eigenvalue weighted by Crippen LogP contribution is -2.46. The fourth-order valence-electron chi connectivity index (χ4n) is 4.76. The van der Waals surface area contributed by atoms with Crippen molar-refractivity contribution in [2.75, 3.05) is 11.4 Å². The van der Waals surface area contributed by atoms with Crippen molar-refractivity contribution in [1.82, 2.24) is 9.88 Å². The molecule has 1 aromatic heterocycles. The Morgan fingerprint density at radius 1 is 1.10 bits per heavy atom. The summed E-state index contributed by atoms with van der Waals surface area (Å²) in [5, 5.41) is 2.39. The number of imide groups is 1. The molecule has 0 spiro atoms. The molecule has 7 heteroatoms. The molecular weight excluding hydrogens is 421 g/mol. The number of H-pyrrole nitrogens is 1. The summed E-state index contributed by atoms with van der Waals surface area (Å²) in [6.45, 7) is 4.68. The molecule has 2 aliphatic rings. The number of aromatic amines is 1. The number of fused-ring (bicyclic) bond motifs is 3. The van der Waals surface area contributed by atoms with Crippen LogP contribution in [0.2, 0.25) is 10.0 Å². The number of benzene rings is 2. The lowest BCUT2D eigenvalue weighted by atomic mass is 9.96. The average molecular weight is 442 g/mol. The Morgan fingerprint density at radius 3 is 2.67 bits per heavy atom. The first kappa shape index (κ1) is 19.6. The molecule has 0 aliphatic carbocycles. The van der Waals surface area contributed by atoms with E-state index in [4.69, 9.17) is 23.2 Å². The van der Waals surface area contributed by atoms with E-state index in [2.05, 4.69) is 16.8 Å². The van der Waals surface area contributed by atoms with E-state index in [9.17, 15) is 9.59 Å². The van der Waals surface area contributed by atoms with Gasteiger partial charge in [0.25, 0.3) is 5.91 Å². The number of anilines is 1. The van der Waals surface area contributed by atoms with Crippen molar-refractivity contribution < 1.29 is 9.59 Å². The molecule has 2 aromatic carbocycles. The van der Waals surface area contributed by atoms with Gasteiger partial charge in [-0.2, -0.15) is 0 Å². The maximum atomic E-state index is 13.3. The molecule has 2 unspecified atom stereocenters. The first-order valence-electron chi connectivity index (χ1n) is 10.0.